The van der Waals surface area contributed by atoms with Gasteiger partial charge in [-0.3, -0.25) is 9.78 Å². The summed E-state index contributed by atoms with van der Waals surface area (Å²) in [5.74, 6) is -0.0726. The average molecular weight is 283 g/mol. The Morgan fingerprint density at radius 3 is 2.57 bits per heavy atom. The molecular formula is C15H17N5O. The van der Waals surface area contributed by atoms with Crippen LogP contribution in [-0.2, 0) is 0 Å². The molecule has 0 aliphatic carbocycles. The molecule has 6 heteroatoms. The van der Waals surface area contributed by atoms with Gasteiger partial charge in [0, 0.05) is 37.4 Å². The fraction of sp³-hybridized carbons (Fsp3) is 0.267. The van der Waals surface area contributed by atoms with Gasteiger partial charge in [-0.25, -0.2) is 4.98 Å². The van der Waals surface area contributed by atoms with Crippen molar-refractivity contribution < 1.29 is 4.79 Å². The van der Waals surface area contributed by atoms with Crippen LogP contribution < -0.4 is 11.1 Å². The zero-order chi connectivity index (χ0) is 14.7. The van der Waals surface area contributed by atoms with E-state index < -0.39 is 0 Å². The van der Waals surface area contributed by atoms with Crippen molar-refractivity contribution in [2.75, 3.05) is 31.9 Å². The number of nitrogens with zero attached hydrogens (tertiary/aromatic N) is 3. The minimum Gasteiger partial charge on any atom is -0.398 e. The smallest absolute Gasteiger partial charge is 0.274 e. The second kappa shape index (κ2) is 5.88. The Kier molecular flexibility index (Phi) is 3.79. The van der Waals surface area contributed by atoms with Crippen LogP contribution in [0.4, 0.5) is 5.69 Å². The number of piperazine rings is 1. The second-order valence-electron chi connectivity index (χ2n) is 4.92. The van der Waals surface area contributed by atoms with Crippen LogP contribution >= 0.6 is 0 Å². The molecule has 0 unspecified atom stereocenters. The minimum absolute atomic E-state index is 0.0726. The average Bonchev–Trinajstić information content (AvgIpc) is 2.56. The molecule has 1 amide bonds. The molecule has 21 heavy (non-hydrogen) atoms. The number of amides is 1. The summed E-state index contributed by atoms with van der Waals surface area (Å²) < 4.78 is 0. The second-order valence-corrected chi connectivity index (χ2v) is 4.92. The van der Waals surface area contributed by atoms with Crippen LogP contribution in [0, 0.1) is 0 Å². The van der Waals surface area contributed by atoms with Crippen molar-refractivity contribution in [3.05, 3.63) is 42.4 Å². The summed E-state index contributed by atoms with van der Waals surface area (Å²) in [6, 6.07) is 7.47. The van der Waals surface area contributed by atoms with E-state index in [1.54, 1.807) is 11.1 Å². The lowest BCUT2D eigenvalue weighted by Crippen LogP contribution is -2.46. The van der Waals surface area contributed by atoms with Crippen LogP contribution in [-0.4, -0.2) is 47.0 Å². The summed E-state index contributed by atoms with van der Waals surface area (Å²) in [6.07, 6.45) is 3.12. The van der Waals surface area contributed by atoms with Gasteiger partial charge in [-0.1, -0.05) is 18.2 Å². The zero-order valence-electron chi connectivity index (χ0n) is 11.6. The number of benzene rings is 1. The number of aromatic nitrogens is 2. The van der Waals surface area contributed by atoms with Crippen molar-refractivity contribution in [2.24, 2.45) is 0 Å². The lowest BCUT2D eigenvalue weighted by atomic mass is 10.1. The number of carbonyl (C=O) groups excluding carboxylic acids is 1. The van der Waals surface area contributed by atoms with Crippen LogP contribution in [0.3, 0.4) is 0 Å². The molecule has 108 valence electrons. The molecule has 3 rings (SSSR count). The van der Waals surface area contributed by atoms with Crippen LogP contribution in [0.2, 0.25) is 0 Å². The van der Waals surface area contributed by atoms with Gasteiger partial charge in [0.2, 0.25) is 0 Å². The minimum atomic E-state index is -0.0726. The summed E-state index contributed by atoms with van der Waals surface area (Å²) in [5, 5.41) is 3.21. The van der Waals surface area contributed by atoms with E-state index in [2.05, 4.69) is 15.3 Å². The summed E-state index contributed by atoms with van der Waals surface area (Å²) in [5.41, 5.74) is 8.43. The van der Waals surface area contributed by atoms with Crippen molar-refractivity contribution in [2.45, 2.75) is 0 Å². The highest BCUT2D eigenvalue weighted by atomic mass is 16.2. The quantitative estimate of drug-likeness (QED) is 0.795. The molecule has 2 heterocycles. The number of para-hydroxylation sites is 1. The maximum Gasteiger partial charge on any atom is 0.274 e. The standard InChI is InChI=1S/C15H17N5O/c16-12-4-2-1-3-11(12)13-9-19-14(10-18-13)15(21)20-7-5-17-6-8-20/h1-4,9-10,17H,5-8,16H2. The highest BCUT2D eigenvalue weighted by Crippen LogP contribution is 2.22. The molecule has 1 aromatic heterocycles. The molecule has 0 radical (unpaired) electrons. The van der Waals surface area contributed by atoms with Gasteiger partial charge in [-0.05, 0) is 6.07 Å². The summed E-state index contributed by atoms with van der Waals surface area (Å²) in [6.45, 7) is 3.04. The summed E-state index contributed by atoms with van der Waals surface area (Å²) in [4.78, 5) is 22.6. The fourth-order valence-electron chi connectivity index (χ4n) is 2.34. The Morgan fingerprint density at radius 1 is 1.14 bits per heavy atom. The maximum atomic E-state index is 12.3. The number of nitrogens with two attached hydrogens (primary N) is 1. The van der Waals surface area contributed by atoms with Gasteiger partial charge >= 0.3 is 0 Å². The van der Waals surface area contributed by atoms with Crippen LogP contribution in [0.25, 0.3) is 11.3 Å². The first-order chi connectivity index (χ1) is 10.3. The molecule has 1 aliphatic heterocycles. The topological polar surface area (TPSA) is 84.1 Å². The zero-order valence-corrected chi connectivity index (χ0v) is 11.6. The third-order valence-corrected chi connectivity index (χ3v) is 3.51. The van der Waals surface area contributed by atoms with Crippen LogP contribution in [0.1, 0.15) is 10.5 Å². The highest BCUT2D eigenvalue weighted by molar-refractivity contribution is 5.92. The number of hydrogen-bond acceptors (Lipinski definition) is 5. The fourth-order valence-corrected chi connectivity index (χ4v) is 2.34. The molecule has 6 nitrogen and oxygen atoms in total. The lowest BCUT2D eigenvalue weighted by Gasteiger charge is -2.26. The van der Waals surface area contributed by atoms with E-state index in [0.29, 0.717) is 30.2 Å². The molecule has 0 atom stereocenters. The number of rotatable bonds is 2. The van der Waals surface area contributed by atoms with Gasteiger partial charge in [0.15, 0.2) is 0 Å². The predicted molar refractivity (Wildman–Crippen MR) is 80.7 cm³/mol. The Morgan fingerprint density at radius 2 is 1.90 bits per heavy atom. The number of hydrogen-bond donors (Lipinski definition) is 2. The van der Waals surface area contributed by atoms with Crippen LogP contribution in [0.15, 0.2) is 36.7 Å². The Hall–Kier alpha value is -2.47. The summed E-state index contributed by atoms with van der Waals surface area (Å²) in [7, 11) is 0. The number of nitrogens with one attached hydrogen (secondary N) is 1. The Labute approximate surface area is 123 Å². The third kappa shape index (κ3) is 2.85. The predicted octanol–water partition coefficient (Wildman–Crippen LogP) is 0.771. The van der Waals surface area contributed by atoms with Gasteiger partial charge in [-0.15, -0.1) is 0 Å². The van der Waals surface area contributed by atoms with Crippen LogP contribution in [0.5, 0.6) is 0 Å². The van der Waals surface area contributed by atoms with Gasteiger partial charge in [-0.2, -0.15) is 0 Å². The lowest BCUT2D eigenvalue weighted by molar-refractivity contribution is 0.0729. The number of nitrogen functional groups attached to an aromatic ring is 1. The first-order valence-electron chi connectivity index (χ1n) is 6.92. The molecule has 3 N–H and O–H groups in total. The molecule has 1 aliphatic rings. The number of anilines is 1. The van der Waals surface area contributed by atoms with E-state index in [4.69, 9.17) is 5.73 Å². The van der Waals surface area contributed by atoms with Crippen molar-refractivity contribution >= 4 is 11.6 Å². The first kappa shape index (κ1) is 13.5. The molecule has 1 fully saturated rings. The molecule has 0 saturated carbocycles. The Balaban J connectivity index is 1.81. The van der Waals surface area contributed by atoms with Crippen molar-refractivity contribution in [3.63, 3.8) is 0 Å². The molecule has 1 saturated heterocycles. The normalized spacial score (nSPS) is 15.0. The van der Waals surface area contributed by atoms with Crippen molar-refractivity contribution in [1.82, 2.24) is 20.2 Å². The van der Waals surface area contributed by atoms with Gasteiger partial charge < -0.3 is 16.0 Å². The summed E-state index contributed by atoms with van der Waals surface area (Å²) >= 11 is 0. The van der Waals surface area contributed by atoms with Gasteiger partial charge in [0.25, 0.3) is 5.91 Å². The van der Waals surface area contributed by atoms with E-state index in [9.17, 15) is 4.79 Å². The third-order valence-electron chi connectivity index (χ3n) is 3.51. The van der Waals surface area contributed by atoms with Gasteiger partial charge in [0.1, 0.15) is 5.69 Å². The van der Waals surface area contributed by atoms with E-state index in [-0.39, 0.29) is 5.91 Å². The van der Waals surface area contributed by atoms with E-state index in [1.807, 2.05) is 24.3 Å². The van der Waals surface area contributed by atoms with Crippen molar-refractivity contribution in [3.8, 4) is 11.3 Å². The molecule has 1 aromatic carbocycles. The van der Waals surface area contributed by atoms with E-state index in [1.165, 1.54) is 6.20 Å². The Bertz CT molecular complexity index is 635. The number of carbonyl (C=O) groups is 1. The molecule has 2 aromatic rings. The largest absolute Gasteiger partial charge is 0.398 e. The SMILES string of the molecule is Nc1ccccc1-c1cnc(C(=O)N2CCNCC2)cn1. The van der Waals surface area contributed by atoms with E-state index >= 15 is 0 Å². The maximum absolute atomic E-state index is 12.3. The van der Waals surface area contributed by atoms with E-state index in [0.717, 1.165) is 18.7 Å². The molecule has 0 bridgehead atoms. The monoisotopic (exact) mass is 283 g/mol. The highest BCUT2D eigenvalue weighted by Gasteiger charge is 2.19. The van der Waals surface area contributed by atoms with Crippen molar-refractivity contribution in [1.29, 1.82) is 0 Å². The van der Waals surface area contributed by atoms with Gasteiger partial charge in [0.05, 0.1) is 18.1 Å². The molecular weight excluding hydrogens is 266 g/mol. The first-order valence-corrected chi connectivity index (χ1v) is 6.92. The molecule has 0 spiro atoms.